The Kier molecular flexibility index (Phi) is 3.55. The van der Waals surface area contributed by atoms with E-state index in [0.29, 0.717) is 12.2 Å². The van der Waals surface area contributed by atoms with E-state index in [1.807, 2.05) is 35.6 Å². The summed E-state index contributed by atoms with van der Waals surface area (Å²) < 4.78 is 0. The molecule has 1 aromatic carbocycles. The molecule has 3 rings (SSSR count). The standard InChI is InChI=1S/C15H18N2OS/c16-13-4-2-1-3-12(13)14(18)10-17-7-5-15-11(9-17)6-8-19-15/h1-4,6,8,14,18H,5,7,9-10,16H2. The first-order valence-electron chi connectivity index (χ1n) is 6.54. The zero-order valence-corrected chi connectivity index (χ0v) is 11.6. The van der Waals surface area contributed by atoms with E-state index in [1.165, 1.54) is 10.4 Å². The van der Waals surface area contributed by atoms with Gasteiger partial charge in [-0.2, -0.15) is 0 Å². The average Bonchev–Trinajstić information content (AvgIpc) is 2.86. The van der Waals surface area contributed by atoms with E-state index >= 15 is 0 Å². The number of β-amino-alcohol motifs (C(OH)–C–C–N with tert-alkyl or cyclic N) is 1. The first kappa shape index (κ1) is 12.7. The molecule has 1 aromatic heterocycles. The molecule has 1 unspecified atom stereocenters. The number of aliphatic hydroxyl groups excluding tert-OH is 1. The Morgan fingerprint density at radius 2 is 2.16 bits per heavy atom. The number of para-hydroxylation sites is 1. The van der Waals surface area contributed by atoms with Gasteiger partial charge in [0, 0.05) is 35.8 Å². The van der Waals surface area contributed by atoms with Crippen LogP contribution in [-0.2, 0) is 13.0 Å². The maximum absolute atomic E-state index is 10.3. The largest absolute Gasteiger partial charge is 0.398 e. The Bertz CT molecular complexity index is 567. The van der Waals surface area contributed by atoms with Gasteiger partial charge in [0.05, 0.1) is 6.10 Å². The van der Waals surface area contributed by atoms with Crippen LogP contribution in [-0.4, -0.2) is 23.1 Å². The van der Waals surface area contributed by atoms with E-state index in [4.69, 9.17) is 5.73 Å². The number of nitrogens with zero attached hydrogens (tertiary/aromatic N) is 1. The van der Waals surface area contributed by atoms with Crippen LogP contribution < -0.4 is 5.73 Å². The topological polar surface area (TPSA) is 49.5 Å². The molecule has 3 nitrogen and oxygen atoms in total. The summed E-state index contributed by atoms with van der Waals surface area (Å²) in [5.41, 5.74) is 8.82. The van der Waals surface area contributed by atoms with Crippen LogP contribution in [0.4, 0.5) is 5.69 Å². The third-order valence-electron chi connectivity index (χ3n) is 3.67. The highest BCUT2D eigenvalue weighted by Gasteiger charge is 2.20. The Balaban J connectivity index is 1.68. The highest BCUT2D eigenvalue weighted by atomic mass is 32.1. The molecule has 4 heteroatoms. The number of nitrogens with two attached hydrogens (primary N) is 1. The zero-order chi connectivity index (χ0) is 13.2. The van der Waals surface area contributed by atoms with Crippen molar-refractivity contribution in [2.24, 2.45) is 0 Å². The van der Waals surface area contributed by atoms with Crippen LogP contribution in [0.1, 0.15) is 22.1 Å². The summed E-state index contributed by atoms with van der Waals surface area (Å²) in [5.74, 6) is 0. The van der Waals surface area contributed by atoms with Crippen LogP contribution in [0.2, 0.25) is 0 Å². The lowest BCUT2D eigenvalue weighted by molar-refractivity contribution is 0.107. The molecule has 19 heavy (non-hydrogen) atoms. The second-order valence-corrected chi connectivity index (χ2v) is 6.00. The van der Waals surface area contributed by atoms with Crippen LogP contribution in [0.5, 0.6) is 0 Å². The van der Waals surface area contributed by atoms with Gasteiger partial charge in [0.15, 0.2) is 0 Å². The van der Waals surface area contributed by atoms with Crippen molar-refractivity contribution in [3.63, 3.8) is 0 Å². The van der Waals surface area contributed by atoms with Gasteiger partial charge in [-0.1, -0.05) is 18.2 Å². The monoisotopic (exact) mass is 274 g/mol. The van der Waals surface area contributed by atoms with Crippen molar-refractivity contribution in [1.82, 2.24) is 4.90 Å². The minimum atomic E-state index is -0.513. The number of thiophene rings is 1. The van der Waals surface area contributed by atoms with Crippen LogP contribution >= 0.6 is 11.3 Å². The maximum atomic E-state index is 10.3. The molecular formula is C15H18N2OS. The van der Waals surface area contributed by atoms with Gasteiger partial charge in [-0.25, -0.2) is 0 Å². The molecule has 0 radical (unpaired) electrons. The number of anilines is 1. The second-order valence-electron chi connectivity index (χ2n) is 5.00. The third-order valence-corrected chi connectivity index (χ3v) is 4.70. The van der Waals surface area contributed by atoms with Gasteiger partial charge >= 0.3 is 0 Å². The van der Waals surface area contributed by atoms with E-state index in [-0.39, 0.29) is 0 Å². The highest BCUT2D eigenvalue weighted by molar-refractivity contribution is 7.10. The Morgan fingerprint density at radius 3 is 3.00 bits per heavy atom. The minimum Gasteiger partial charge on any atom is -0.398 e. The smallest absolute Gasteiger partial charge is 0.0936 e. The fourth-order valence-electron chi connectivity index (χ4n) is 2.62. The molecule has 0 amide bonds. The van der Waals surface area contributed by atoms with Crippen molar-refractivity contribution in [3.05, 3.63) is 51.7 Å². The number of rotatable bonds is 3. The molecule has 0 aliphatic carbocycles. The Hall–Kier alpha value is -1.36. The number of nitrogen functional groups attached to an aromatic ring is 1. The Morgan fingerprint density at radius 1 is 1.32 bits per heavy atom. The number of benzene rings is 1. The number of hydrogen-bond donors (Lipinski definition) is 2. The molecule has 0 saturated carbocycles. The van der Waals surface area contributed by atoms with Crippen molar-refractivity contribution >= 4 is 17.0 Å². The van der Waals surface area contributed by atoms with Gasteiger partial charge in [0.1, 0.15) is 0 Å². The van der Waals surface area contributed by atoms with Crippen LogP contribution in [0.25, 0.3) is 0 Å². The fourth-order valence-corrected chi connectivity index (χ4v) is 3.51. The van der Waals surface area contributed by atoms with Crippen LogP contribution in [0.15, 0.2) is 35.7 Å². The van der Waals surface area contributed by atoms with E-state index in [0.717, 1.165) is 25.1 Å². The Labute approximate surface area is 117 Å². The molecule has 0 bridgehead atoms. The predicted octanol–water partition coefficient (Wildman–Crippen LogP) is 2.42. The van der Waals surface area contributed by atoms with Gasteiger partial charge < -0.3 is 10.8 Å². The van der Waals surface area contributed by atoms with Crippen molar-refractivity contribution in [1.29, 1.82) is 0 Å². The molecule has 0 spiro atoms. The lowest BCUT2D eigenvalue weighted by atomic mass is 10.0. The average molecular weight is 274 g/mol. The van der Waals surface area contributed by atoms with Crippen LogP contribution in [0, 0.1) is 0 Å². The molecule has 1 atom stereocenters. The van der Waals surface area contributed by atoms with Gasteiger partial charge in [-0.3, -0.25) is 4.90 Å². The third kappa shape index (κ3) is 2.66. The van der Waals surface area contributed by atoms with Gasteiger partial charge in [-0.15, -0.1) is 11.3 Å². The zero-order valence-electron chi connectivity index (χ0n) is 10.7. The number of fused-ring (bicyclic) bond motifs is 1. The lowest BCUT2D eigenvalue weighted by Gasteiger charge is -2.29. The molecule has 1 aliphatic rings. The van der Waals surface area contributed by atoms with E-state index in [2.05, 4.69) is 16.3 Å². The molecule has 0 fully saturated rings. The van der Waals surface area contributed by atoms with Crippen molar-refractivity contribution in [2.45, 2.75) is 19.1 Å². The molecule has 2 heterocycles. The normalized spacial score (nSPS) is 17.1. The summed E-state index contributed by atoms with van der Waals surface area (Å²) in [6, 6.07) is 9.74. The predicted molar refractivity (Wildman–Crippen MR) is 79.1 cm³/mol. The summed E-state index contributed by atoms with van der Waals surface area (Å²) in [5, 5.41) is 12.5. The van der Waals surface area contributed by atoms with Gasteiger partial charge in [-0.05, 0) is 29.5 Å². The SMILES string of the molecule is Nc1ccccc1C(O)CN1CCc2sccc2C1. The molecule has 2 aromatic rings. The van der Waals surface area contributed by atoms with Gasteiger partial charge in [0.2, 0.25) is 0 Å². The molecule has 0 saturated heterocycles. The molecule has 1 aliphatic heterocycles. The minimum absolute atomic E-state index is 0.513. The first-order valence-corrected chi connectivity index (χ1v) is 7.42. The van der Waals surface area contributed by atoms with E-state index in [9.17, 15) is 5.11 Å². The highest BCUT2D eigenvalue weighted by Crippen LogP contribution is 2.26. The second kappa shape index (κ2) is 5.33. The number of hydrogen-bond acceptors (Lipinski definition) is 4. The summed E-state index contributed by atoms with van der Waals surface area (Å²) in [4.78, 5) is 3.79. The summed E-state index contributed by atoms with van der Waals surface area (Å²) in [6.07, 6.45) is 0.575. The fraction of sp³-hybridized carbons (Fsp3) is 0.333. The molecule has 3 N–H and O–H groups in total. The molecule has 100 valence electrons. The quantitative estimate of drug-likeness (QED) is 0.845. The van der Waals surface area contributed by atoms with Crippen LogP contribution in [0.3, 0.4) is 0 Å². The van der Waals surface area contributed by atoms with Crippen molar-refractivity contribution < 1.29 is 5.11 Å². The summed E-state index contributed by atoms with van der Waals surface area (Å²) in [6.45, 7) is 2.59. The van der Waals surface area contributed by atoms with Gasteiger partial charge in [0.25, 0.3) is 0 Å². The summed E-state index contributed by atoms with van der Waals surface area (Å²) >= 11 is 1.84. The van der Waals surface area contributed by atoms with E-state index in [1.54, 1.807) is 0 Å². The summed E-state index contributed by atoms with van der Waals surface area (Å²) in [7, 11) is 0. The lowest BCUT2D eigenvalue weighted by Crippen LogP contribution is -2.33. The van der Waals surface area contributed by atoms with E-state index < -0.39 is 6.10 Å². The van der Waals surface area contributed by atoms with Crippen molar-refractivity contribution in [2.75, 3.05) is 18.8 Å². The maximum Gasteiger partial charge on any atom is 0.0936 e. The van der Waals surface area contributed by atoms with Crippen molar-refractivity contribution in [3.8, 4) is 0 Å². The first-order chi connectivity index (χ1) is 9.24. The molecular weight excluding hydrogens is 256 g/mol. The number of aliphatic hydroxyl groups is 1.